The summed E-state index contributed by atoms with van der Waals surface area (Å²) in [6.45, 7) is 5.94. The molecule has 21 heavy (non-hydrogen) atoms. The van der Waals surface area contributed by atoms with E-state index in [1.165, 1.54) is 19.2 Å². The SMILES string of the molecule is COc1cc(F)ccc1C(CN)CNC(=O)OC(C)(C)C. The van der Waals surface area contributed by atoms with Crippen molar-refractivity contribution in [1.82, 2.24) is 5.32 Å². The molecule has 1 aromatic rings. The number of hydrogen-bond acceptors (Lipinski definition) is 4. The third-order valence-electron chi connectivity index (χ3n) is 2.81. The molecular formula is C15H23FN2O3. The zero-order valence-corrected chi connectivity index (χ0v) is 12.9. The van der Waals surface area contributed by atoms with Gasteiger partial charge in [0.1, 0.15) is 17.2 Å². The van der Waals surface area contributed by atoms with E-state index in [1.807, 2.05) is 0 Å². The van der Waals surface area contributed by atoms with E-state index in [9.17, 15) is 9.18 Å². The molecule has 1 unspecified atom stereocenters. The molecule has 0 radical (unpaired) electrons. The lowest BCUT2D eigenvalue weighted by atomic mass is 9.98. The second-order valence-corrected chi connectivity index (χ2v) is 5.70. The molecule has 3 N–H and O–H groups in total. The maximum Gasteiger partial charge on any atom is 0.407 e. The van der Waals surface area contributed by atoms with Gasteiger partial charge in [-0.1, -0.05) is 6.07 Å². The second-order valence-electron chi connectivity index (χ2n) is 5.70. The zero-order valence-electron chi connectivity index (χ0n) is 12.9. The Morgan fingerprint density at radius 2 is 2.10 bits per heavy atom. The van der Waals surface area contributed by atoms with Crippen molar-refractivity contribution < 1.29 is 18.7 Å². The van der Waals surface area contributed by atoms with Gasteiger partial charge < -0.3 is 20.5 Å². The van der Waals surface area contributed by atoms with Gasteiger partial charge in [-0.15, -0.1) is 0 Å². The van der Waals surface area contributed by atoms with Crippen molar-refractivity contribution in [3.8, 4) is 5.75 Å². The average Bonchev–Trinajstić information content (AvgIpc) is 2.38. The van der Waals surface area contributed by atoms with Gasteiger partial charge in [-0.05, 0) is 26.8 Å². The largest absolute Gasteiger partial charge is 0.496 e. The highest BCUT2D eigenvalue weighted by Crippen LogP contribution is 2.26. The molecule has 0 aromatic heterocycles. The third kappa shape index (κ3) is 5.59. The summed E-state index contributed by atoms with van der Waals surface area (Å²) in [7, 11) is 1.47. The second kappa shape index (κ2) is 7.26. The molecule has 0 spiro atoms. The van der Waals surface area contributed by atoms with E-state index in [1.54, 1.807) is 26.8 Å². The number of methoxy groups -OCH3 is 1. The molecule has 0 aliphatic heterocycles. The number of halogens is 1. The first kappa shape index (κ1) is 17.2. The molecule has 5 nitrogen and oxygen atoms in total. The quantitative estimate of drug-likeness (QED) is 0.875. The van der Waals surface area contributed by atoms with E-state index < -0.39 is 11.7 Å². The van der Waals surface area contributed by atoms with Gasteiger partial charge >= 0.3 is 6.09 Å². The lowest BCUT2D eigenvalue weighted by Gasteiger charge is -2.22. The number of amides is 1. The summed E-state index contributed by atoms with van der Waals surface area (Å²) in [6.07, 6.45) is -0.512. The van der Waals surface area contributed by atoms with Crippen LogP contribution in [0.25, 0.3) is 0 Å². The molecule has 118 valence electrons. The molecule has 0 fully saturated rings. The van der Waals surface area contributed by atoms with Crippen LogP contribution >= 0.6 is 0 Å². The van der Waals surface area contributed by atoms with Crippen molar-refractivity contribution in [1.29, 1.82) is 0 Å². The fourth-order valence-corrected chi connectivity index (χ4v) is 1.86. The van der Waals surface area contributed by atoms with Crippen LogP contribution in [-0.4, -0.2) is 31.9 Å². The smallest absolute Gasteiger partial charge is 0.407 e. The minimum absolute atomic E-state index is 0.187. The lowest BCUT2D eigenvalue weighted by Crippen LogP contribution is -2.36. The molecular weight excluding hydrogens is 275 g/mol. The van der Waals surface area contributed by atoms with Crippen LogP contribution in [-0.2, 0) is 4.74 Å². The topological polar surface area (TPSA) is 73.6 Å². The van der Waals surface area contributed by atoms with Crippen LogP contribution in [0.2, 0.25) is 0 Å². The van der Waals surface area contributed by atoms with Gasteiger partial charge in [-0.25, -0.2) is 9.18 Å². The number of nitrogens with one attached hydrogen (secondary N) is 1. The number of alkyl carbamates (subject to hydrolysis) is 1. The summed E-state index contributed by atoms with van der Waals surface area (Å²) in [5.41, 5.74) is 5.93. The molecule has 1 aromatic carbocycles. The first-order chi connectivity index (χ1) is 9.76. The van der Waals surface area contributed by atoms with Crippen molar-refractivity contribution in [3.63, 3.8) is 0 Å². The van der Waals surface area contributed by atoms with Gasteiger partial charge in [0.25, 0.3) is 0 Å². The van der Waals surface area contributed by atoms with Crippen molar-refractivity contribution in [2.45, 2.75) is 32.3 Å². The van der Waals surface area contributed by atoms with Crippen LogP contribution in [0.1, 0.15) is 32.3 Å². The number of rotatable bonds is 5. The molecule has 1 rings (SSSR count). The maximum absolute atomic E-state index is 13.2. The van der Waals surface area contributed by atoms with E-state index in [4.69, 9.17) is 15.2 Å². The number of ether oxygens (including phenoxy) is 2. The van der Waals surface area contributed by atoms with Crippen LogP contribution in [0.4, 0.5) is 9.18 Å². The van der Waals surface area contributed by atoms with Gasteiger partial charge in [-0.3, -0.25) is 0 Å². The predicted octanol–water partition coefficient (Wildman–Crippen LogP) is 2.40. The summed E-state index contributed by atoms with van der Waals surface area (Å²) >= 11 is 0. The van der Waals surface area contributed by atoms with Crippen molar-refractivity contribution in [2.75, 3.05) is 20.2 Å². The Labute approximate surface area is 124 Å². The van der Waals surface area contributed by atoms with Gasteiger partial charge in [0.2, 0.25) is 0 Å². The Morgan fingerprint density at radius 3 is 2.62 bits per heavy atom. The number of carbonyl (C=O) groups excluding carboxylic acids is 1. The maximum atomic E-state index is 13.2. The number of benzene rings is 1. The monoisotopic (exact) mass is 298 g/mol. The first-order valence-electron chi connectivity index (χ1n) is 6.77. The summed E-state index contributed by atoms with van der Waals surface area (Å²) in [4.78, 5) is 11.7. The molecule has 0 saturated carbocycles. The molecule has 6 heteroatoms. The molecule has 1 amide bonds. The molecule has 0 heterocycles. The van der Waals surface area contributed by atoms with Gasteiger partial charge in [0.15, 0.2) is 0 Å². The standard InChI is InChI=1S/C15H23FN2O3/c1-15(2,3)21-14(19)18-9-10(8-17)12-6-5-11(16)7-13(12)20-4/h5-7,10H,8-9,17H2,1-4H3,(H,18,19). The van der Waals surface area contributed by atoms with E-state index >= 15 is 0 Å². The van der Waals surface area contributed by atoms with E-state index in [2.05, 4.69) is 5.32 Å². The van der Waals surface area contributed by atoms with Crippen LogP contribution in [0.15, 0.2) is 18.2 Å². The fraction of sp³-hybridized carbons (Fsp3) is 0.533. The Hall–Kier alpha value is -1.82. The molecule has 0 bridgehead atoms. The Kier molecular flexibility index (Phi) is 5.96. The number of carbonyl (C=O) groups is 1. The van der Waals surface area contributed by atoms with Gasteiger partial charge in [0.05, 0.1) is 7.11 Å². The Balaban J connectivity index is 2.74. The van der Waals surface area contributed by atoms with E-state index in [0.29, 0.717) is 5.75 Å². The van der Waals surface area contributed by atoms with Crippen LogP contribution in [0, 0.1) is 5.82 Å². The van der Waals surface area contributed by atoms with Crippen LogP contribution in [0.5, 0.6) is 5.75 Å². The highest BCUT2D eigenvalue weighted by molar-refractivity contribution is 5.67. The minimum atomic E-state index is -0.560. The fourth-order valence-electron chi connectivity index (χ4n) is 1.86. The number of nitrogens with two attached hydrogens (primary N) is 1. The summed E-state index contributed by atoms with van der Waals surface area (Å²) in [6, 6.07) is 4.25. The summed E-state index contributed by atoms with van der Waals surface area (Å²) < 4.78 is 23.5. The van der Waals surface area contributed by atoms with E-state index in [0.717, 1.165) is 5.56 Å². The highest BCUT2D eigenvalue weighted by Gasteiger charge is 2.19. The molecule has 1 atom stereocenters. The summed E-state index contributed by atoms with van der Waals surface area (Å²) in [5.74, 6) is -0.156. The van der Waals surface area contributed by atoms with Crippen molar-refractivity contribution in [2.24, 2.45) is 5.73 Å². The van der Waals surface area contributed by atoms with Crippen LogP contribution < -0.4 is 15.8 Å². The molecule has 0 aliphatic carbocycles. The van der Waals surface area contributed by atoms with E-state index in [-0.39, 0.29) is 24.8 Å². The van der Waals surface area contributed by atoms with Crippen LogP contribution in [0.3, 0.4) is 0 Å². The minimum Gasteiger partial charge on any atom is -0.496 e. The van der Waals surface area contributed by atoms with Crippen molar-refractivity contribution in [3.05, 3.63) is 29.6 Å². The molecule has 0 aliphatic rings. The third-order valence-corrected chi connectivity index (χ3v) is 2.81. The predicted molar refractivity (Wildman–Crippen MR) is 79.0 cm³/mol. The first-order valence-corrected chi connectivity index (χ1v) is 6.77. The Morgan fingerprint density at radius 1 is 1.43 bits per heavy atom. The van der Waals surface area contributed by atoms with Crippen molar-refractivity contribution >= 4 is 6.09 Å². The number of hydrogen-bond donors (Lipinski definition) is 2. The highest BCUT2D eigenvalue weighted by atomic mass is 19.1. The normalized spacial score (nSPS) is 12.7. The summed E-state index contributed by atoms with van der Waals surface area (Å²) in [5, 5.41) is 2.66. The van der Waals surface area contributed by atoms with Gasteiger partial charge in [-0.2, -0.15) is 0 Å². The molecule has 0 saturated heterocycles. The zero-order chi connectivity index (χ0) is 16.0. The lowest BCUT2D eigenvalue weighted by molar-refractivity contribution is 0.0524. The average molecular weight is 298 g/mol. The van der Waals surface area contributed by atoms with Gasteiger partial charge in [0, 0.05) is 30.6 Å². The Bertz CT molecular complexity index is 486.